The number of likely N-dealkylation sites (tertiary alicyclic amines) is 1. The molecule has 0 radical (unpaired) electrons. The number of ketones is 1. The molecule has 2 nitrogen and oxygen atoms in total. The highest BCUT2D eigenvalue weighted by Gasteiger charge is 2.33. The Morgan fingerprint density at radius 3 is 2.76 bits per heavy atom. The predicted molar refractivity (Wildman–Crippen MR) is 81.9 cm³/mol. The van der Waals surface area contributed by atoms with Crippen LogP contribution in [-0.2, 0) is 0 Å². The minimum Gasteiger partial charge on any atom is -0.300 e. The molecule has 1 saturated heterocycles. The first-order valence-corrected chi connectivity index (χ1v) is 8.27. The molecule has 1 aliphatic carbocycles. The van der Waals surface area contributed by atoms with Gasteiger partial charge in [-0.1, -0.05) is 25.0 Å². The van der Waals surface area contributed by atoms with Crippen molar-refractivity contribution in [2.75, 3.05) is 13.1 Å². The lowest BCUT2D eigenvalue weighted by Gasteiger charge is -2.29. The molecule has 0 amide bonds. The van der Waals surface area contributed by atoms with E-state index in [4.69, 9.17) is 0 Å². The van der Waals surface area contributed by atoms with Crippen molar-refractivity contribution in [1.29, 1.82) is 0 Å². The summed E-state index contributed by atoms with van der Waals surface area (Å²) < 4.78 is 13.2. The average Bonchev–Trinajstić information content (AvgIpc) is 3.15. The standard InChI is InChI=1S/C18H24FNO/c19-16-8-3-7-15(13-16)18(21)10-12-20-11-4-9-17(20)14-5-1-2-6-14/h3,7-8,13-14,17H,1-2,4-6,9-12H2. The smallest absolute Gasteiger partial charge is 0.164 e. The molecule has 1 unspecified atom stereocenters. The number of benzene rings is 1. The summed E-state index contributed by atoms with van der Waals surface area (Å²) in [6.07, 6.45) is 8.52. The first kappa shape index (κ1) is 14.7. The van der Waals surface area contributed by atoms with E-state index in [0.29, 0.717) is 18.0 Å². The summed E-state index contributed by atoms with van der Waals surface area (Å²) in [5, 5.41) is 0. The molecule has 1 aliphatic heterocycles. The Balaban J connectivity index is 1.55. The lowest BCUT2D eigenvalue weighted by atomic mass is 9.96. The fourth-order valence-electron chi connectivity index (χ4n) is 4.06. The van der Waals surface area contributed by atoms with Gasteiger partial charge in [0.25, 0.3) is 0 Å². The van der Waals surface area contributed by atoms with Gasteiger partial charge in [0.15, 0.2) is 5.78 Å². The minimum atomic E-state index is -0.328. The Morgan fingerprint density at radius 1 is 1.19 bits per heavy atom. The maximum Gasteiger partial charge on any atom is 0.164 e. The molecule has 1 aromatic rings. The molecule has 1 atom stereocenters. The molecule has 3 rings (SSSR count). The number of Topliss-reactive ketones (excluding diaryl/α,β-unsaturated/α-hetero) is 1. The normalized spacial score (nSPS) is 23.8. The largest absolute Gasteiger partial charge is 0.300 e. The van der Waals surface area contributed by atoms with Gasteiger partial charge in [-0.25, -0.2) is 4.39 Å². The van der Waals surface area contributed by atoms with Crippen LogP contribution in [0.3, 0.4) is 0 Å². The third-order valence-electron chi connectivity index (χ3n) is 5.13. The van der Waals surface area contributed by atoms with E-state index in [2.05, 4.69) is 4.90 Å². The van der Waals surface area contributed by atoms with E-state index < -0.39 is 0 Å². The third kappa shape index (κ3) is 3.52. The van der Waals surface area contributed by atoms with Crippen molar-refractivity contribution < 1.29 is 9.18 Å². The lowest BCUT2D eigenvalue weighted by molar-refractivity contribution is 0.0950. The van der Waals surface area contributed by atoms with Crippen LogP contribution < -0.4 is 0 Å². The van der Waals surface area contributed by atoms with Gasteiger partial charge in [-0.3, -0.25) is 9.69 Å². The SMILES string of the molecule is O=C(CCN1CCCC1C1CCCC1)c1cccc(F)c1. The van der Waals surface area contributed by atoms with Gasteiger partial charge in [0.2, 0.25) is 0 Å². The molecule has 2 aliphatic rings. The fourth-order valence-corrected chi connectivity index (χ4v) is 4.06. The molecule has 0 bridgehead atoms. The Morgan fingerprint density at radius 2 is 2.00 bits per heavy atom. The monoisotopic (exact) mass is 289 g/mol. The van der Waals surface area contributed by atoms with Crippen LogP contribution in [0.15, 0.2) is 24.3 Å². The highest BCUT2D eigenvalue weighted by Crippen LogP contribution is 2.35. The molecule has 3 heteroatoms. The van der Waals surface area contributed by atoms with Crippen molar-refractivity contribution in [3.63, 3.8) is 0 Å². The van der Waals surface area contributed by atoms with Gasteiger partial charge >= 0.3 is 0 Å². The number of carbonyl (C=O) groups is 1. The lowest BCUT2D eigenvalue weighted by Crippen LogP contribution is -2.36. The summed E-state index contributed by atoms with van der Waals surface area (Å²) in [6, 6.07) is 6.74. The predicted octanol–water partition coefficient (Wildman–Crippen LogP) is 4.05. The molecule has 0 spiro atoms. The zero-order valence-corrected chi connectivity index (χ0v) is 12.6. The molecular weight excluding hydrogens is 265 g/mol. The molecule has 0 aromatic heterocycles. The van der Waals surface area contributed by atoms with E-state index >= 15 is 0 Å². The van der Waals surface area contributed by atoms with Crippen LogP contribution in [0.4, 0.5) is 4.39 Å². The Bertz CT molecular complexity index is 496. The van der Waals surface area contributed by atoms with Gasteiger partial charge in [-0.15, -0.1) is 0 Å². The van der Waals surface area contributed by atoms with Crippen LogP contribution >= 0.6 is 0 Å². The van der Waals surface area contributed by atoms with Crippen molar-refractivity contribution in [3.05, 3.63) is 35.6 Å². The second-order valence-electron chi connectivity index (χ2n) is 6.47. The van der Waals surface area contributed by atoms with Crippen molar-refractivity contribution >= 4 is 5.78 Å². The van der Waals surface area contributed by atoms with Crippen LogP contribution in [0.5, 0.6) is 0 Å². The van der Waals surface area contributed by atoms with Crippen LogP contribution in [0.2, 0.25) is 0 Å². The van der Waals surface area contributed by atoms with E-state index in [1.54, 1.807) is 12.1 Å². The van der Waals surface area contributed by atoms with Crippen LogP contribution in [-0.4, -0.2) is 29.8 Å². The molecule has 21 heavy (non-hydrogen) atoms. The topological polar surface area (TPSA) is 20.3 Å². The minimum absolute atomic E-state index is 0.0616. The quantitative estimate of drug-likeness (QED) is 0.762. The number of hydrogen-bond acceptors (Lipinski definition) is 2. The molecule has 1 saturated carbocycles. The van der Waals surface area contributed by atoms with Crippen LogP contribution in [0, 0.1) is 11.7 Å². The number of hydrogen-bond donors (Lipinski definition) is 0. The average molecular weight is 289 g/mol. The van der Waals surface area contributed by atoms with Gasteiger partial charge in [0.1, 0.15) is 5.82 Å². The fraction of sp³-hybridized carbons (Fsp3) is 0.611. The highest BCUT2D eigenvalue weighted by atomic mass is 19.1. The van der Waals surface area contributed by atoms with Crippen molar-refractivity contribution in [2.45, 2.75) is 51.0 Å². The number of rotatable bonds is 5. The highest BCUT2D eigenvalue weighted by molar-refractivity contribution is 5.96. The van der Waals surface area contributed by atoms with Crippen molar-refractivity contribution in [2.24, 2.45) is 5.92 Å². The van der Waals surface area contributed by atoms with Crippen molar-refractivity contribution in [3.8, 4) is 0 Å². The van der Waals surface area contributed by atoms with Gasteiger partial charge in [-0.2, -0.15) is 0 Å². The van der Waals surface area contributed by atoms with Crippen LogP contribution in [0.25, 0.3) is 0 Å². The Labute approximate surface area is 126 Å². The maximum atomic E-state index is 13.2. The van der Waals surface area contributed by atoms with Gasteiger partial charge in [0, 0.05) is 24.6 Å². The molecule has 1 aromatic carbocycles. The molecule has 2 fully saturated rings. The van der Waals surface area contributed by atoms with Gasteiger partial charge in [0.05, 0.1) is 0 Å². The zero-order chi connectivity index (χ0) is 14.7. The number of halogens is 1. The van der Waals surface area contributed by atoms with Gasteiger partial charge in [-0.05, 0) is 50.3 Å². The Kier molecular flexibility index (Phi) is 4.69. The number of carbonyl (C=O) groups excluding carboxylic acids is 1. The third-order valence-corrected chi connectivity index (χ3v) is 5.13. The second kappa shape index (κ2) is 6.69. The summed E-state index contributed by atoms with van der Waals surface area (Å²) in [4.78, 5) is 14.7. The summed E-state index contributed by atoms with van der Waals surface area (Å²) in [7, 11) is 0. The molecule has 114 valence electrons. The number of nitrogens with zero attached hydrogens (tertiary/aromatic N) is 1. The van der Waals surface area contributed by atoms with E-state index in [1.807, 2.05) is 0 Å². The summed E-state index contributed by atoms with van der Waals surface area (Å²) >= 11 is 0. The molecular formula is C18H24FNO. The van der Waals surface area contributed by atoms with E-state index in [0.717, 1.165) is 19.0 Å². The molecule has 0 N–H and O–H groups in total. The summed E-state index contributed by atoms with van der Waals surface area (Å²) in [5.74, 6) is 0.578. The van der Waals surface area contributed by atoms with Crippen molar-refractivity contribution in [1.82, 2.24) is 4.90 Å². The summed E-state index contributed by atoms with van der Waals surface area (Å²) in [6.45, 7) is 1.95. The van der Waals surface area contributed by atoms with E-state index in [-0.39, 0.29) is 11.6 Å². The Hall–Kier alpha value is -1.22. The van der Waals surface area contributed by atoms with E-state index in [9.17, 15) is 9.18 Å². The first-order valence-electron chi connectivity index (χ1n) is 8.27. The summed E-state index contributed by atoms with van der Waals surface area (Å²) in [5.41, 5.74) is 0.506. The van der Waals surface area contributed by atoms with Crippen LogP contribution in [0.1, 0.15) is 55.3 Å². The second-order valence-corrected chi connectivity index (χ2v) is 6.47. The maximum absolute atomic E-state index is 13.2. The zero-order valence-electron chi connectivity index (χ0n) is 12.6. The molecule has 1 heterocycles. The first-order chi connectivity index (χ1) is 10.2. The van der Waals surface area contributed by atoms with E-state index in [1.165, 1.54) is 50.7 Å². The van der Waals surface area contributed by atoms with Gasteiger partial charge < -0.3 is 0 Å².